The first-order valence-electron chi connectivity index (χ1n) is 6.16. The van der Waals surface area contributed by atoms with Crippen molar-refractivity contribution >= 4 is 11.4 Å². The van der Waals surface area contributed by atoms with Crippen LogP contribution in [0.25, 0.3) is 5.57 Å². The van der Waals surface area contributed by atoms with Crippen LogP contribution in [0.4, 0.5) is 0 Å². The number of Topliss-reactive ketones (excluding diaryl/α,β-unsaturated/α-hetero) is 1. The molecule has 0 fully saturated rings. The fraction of sp³-hybridized carbons (Fsp3) is 0.133. The molecule has 0 unspecified atom stereocenters. The van der Waals surface area contributed by atoms with Gasteiger partial charge < -0.3 is 24.8 Å². The second kappa shape index (κ2) is 4.59. The van der Waals surface area contributed by atoms with E-state index in [0.717, 1.165) is 0 Å². The fourth-order valence-electron chi connectivity index (χ4n) is 2.37. The lowest BCUT2D eigenvalue weighted by Crippen LogP contribution is -2.18. The largest absolute Gasteiger partial charge is 0.508 e. The monoisotopic (exact) mass is 288 g/mol. The molecule has 0 spiro atoms. The number of rotatable bonds is 2. The first-order valence-corrected chi connectivity index (χ1v) is 6.16. The van der Waals surface area contributed by atoms with E-state index in [0.29, 0.717) is 11.1 Å². The van der Waals surface area contributed by atoms with Crippen LogP contribution in [0.15, 0.2) is 52.9 Å². The number of ketones is 1. The number of ether oxygens (including phenoxy) is 2. The molecule has 0 atom stereocenters. The zero-order valence-corrected chi connectivity index (χ0v) is 11.1. The Kier molecular flexibility index (Phi) is 2.86. The first kappa shape index (κ1) is 13.1. The van der Waals surface area contributed by atoms with Crippen LogP contribution in [-0.2, 0) is 14.3 Å². The normalized spacial score (nSPS) is 18.0. The number of phenolic OH excluding ortho intramolecular Hbond substituents is 1. The third-order valence-electron chi connectivity index (χ3n) is 3.40. The molecule has 108 valence electrons. The van der Waals surface area contributed by atoms with Crippen LogP contribution in [0.5, 0.6) is 5.75 Å². The van der Waals surface area contributed by atoms with Gasteiger partial charge in [0.15, 0.2) is 5.76 Å². The SMILES string of the molecule is COC1=C(O)C(=O)C2=C(c3ccc(O)cc3)COC2=C1O. The van der Waals surface area contributed by atoms with E-state index in [2.05, 4.69) is 0 Å². The summed E-state index contributed by atoms with van der Waals surface area (Å²) in [5.74, 6) is -1.93. The highest BCUT2D eigenvalue weighted by Gasteiger charge is 2.40. The van der Waals surface area contributed by atoms with E-state index in [-0.39, 0.29) is 29.4 Å². The van der Waals surface area contributed by atoms with Crippen molar-refractivity contribution in [3.63, 3.8) is 0 Å². The van der Waals surface area contributed by atoms with Crippen LogP contribution in [0, 0.1) is 0 Å². The summed E-state index contributed by atoms with van der Waals surface area (Å²) in [6.07, 6.45) is 0. The van der Waals surface area contributed by atoms with Crippen molar-refractivity contribution in [2.24, 2.45) is 0 Å². The van der Waals surface area contributed by atoms with Crippen LogP contribution in [0.1, 0.15) is 5.56 Å². The Morgan fingerprint density at radius 1 is 1.10 bits per heavy atom. The zero-order chi connectivity index (χ0) is 15.1. The lowest BCUT2D eigenvalue weighted by molar-refractivity contribution is -0.115. The lowest BCUT2D eigenvalue weighted by atomic mass is 9.93. The summed E-state index contributed by atoms with van der Waals surface area (Å²) in [6.45, 7) is 0.0789. The van der Waals surface area contributed by atoms with E-state index in [1.165, 1.54) is 19.2 Å². The van der Waals surface area contributed by atoms with Crippen LogP contribution < -0.4 is 0 Å². The van der Waals surface area contributed by atoms with Gasteiger partial charge in [0.1, 0.15) is 12.4 Å². The molecule has 1 aromatic carbocycles. The highest BCUT2D eigenvalue weighted by molar-refractivity contribution is 6.17. The van der Waals surface area contributed by atoms with Crippen molar-refractivity contribution in [1.82, 2.24) is 0 Å². The number of hydrogen-bond acceptors (Lipinski definition) is 6. The number of aliphatic hydroxyl groups excluding tert-OH is 2. The molecule has 0 bridgehead atoms. The second-order valence-corrected chi connectivity index (χ2v) is 4.58. The summed E-state index contributed by atoms with van der Waals surface area (Å²) in [4.78, 5) is 12.3. The van der Waals surface area contributed by atoms with Crippen LogP contribution >= 0.6 is 0 Å². The molecule has 1 heterocycles. The molecule has 3 N–H and O–H groups in total. The van der Waals surface area contributed by atoms with E-state index in [1.54, 1.807) is 12.1 Å². The van der Waals surface area contributed by atoms with Crippen LogP contribution in [0.2, 0.25) is 0 Å². The van der Waals surface area contributed by atoms with Gasteiger partial charge in [0, 0.05) is 5.57 Å². The molecule has 21 heavy (non-hydrogen) atoms. The molecule has 1 aliphatic heterocycles. The standard InChI is InChI=1S/C15H12O6/c1-20-15-12(18)11(17)10-9(6-21-14(10)13(15)19)7-2-4-8(16)5-3-7/h2-5,16,18-19H,6H2,1H3. The van der Waals surface area contributed by atoms with Crippen molar-refractivity contribution < 1.29 is 29.6 Å². The third kappa shape index (κ3) is 1.84. The Morgan fingerprint density at radius 3 is 2.38 bits per heavy atom. The number of aromatic hydroxyl groups is 1. The molecule has 1 aliphatic carbocycles. The van der Waals surface area contributed by atoms with Crippen molar-refractivity contribution in [2.45, 2.75) is 0 Å². The van der Waals surface area contributed by atoms with E-state index in [9.17, 15) is 20.1 Å². The van der Waals surface area contributed by atoms with Gasteiger partial charge in [0.05, 0.1) is 12.7 Å². The Morgan fingerprint density at radius 2 is 1.76 bits per heavy atom. The van der Waals surface area contributed by atoms with Gasteiger partial charge in [-0.2, -0.15) is 0 Å². The Labute approximate surface area is 119 Å². The average molecular weight is 288 g/mol. The lowest BCUT2D eigenvalue weighted by Gasteiger charge is -2.16. The maximum absolute atomic E-state index is 12.3. The van der Waals surface area contributed by atoms with Gasteiger partial charge in [0.2, 0.25) is 23.1 Å². The van der Waals surface area contributed by atoms with Crippen molar-refractivity contribution in [3.05, 3.63) is 58.4 Å². The predicted octanol–water partition coefficient (Wildman–Crippen LogP) is 1.94. The topological polar surface area (TPSA) is 96.2 Å². The molecule has 0 saturated carbocycles. The van der Waals surface area contributed by atoms with E-state index < -0.39 is 17.3 Å². The maximum atomic E-state index is 12.3. The molecule has 0 aromatic heterocycles. The second-order valence-electron chi connectivity index (χ2n) is 4.58. The number of methoxy groups -OCH3 is 1. The van der Waals surface area contributed by atoms with Crippen LogP contribution in [0.3, 0.4) is 0 Å². The number of benzene rings is 1. The first-order chi connectivity index (χ1) is 10.0. The summed E-state index contributed by atoms with van der Waals surface area (Å²) >= 11 is 0. The van der Waals surface area contributed by atoms with E-state index in [4.69, 9.17) is 9.47 Å². The van der Waals surface area contributed by atoms with Gasteiger partial charge in [-0.3, -0.25) is 4.79 Å². The summed E-state index contributed by atoms with van der Waals surface area (Å²) in [5.41, 5.74) is 1.30. The molecule has 6 nitrogen and oxygen atoms in total. The summed E-state index contributed by atoms with van der Waals surface area (Å²) in [5, 5.41) is 29.2. The number of fused-ring (bicyclic) bond motifs is 1. The molecule has 1 aromatic rings. The number of allylic oxidation sites excluding steroid dienone is 2. The minimum Gasteiger partial charge on any atom is -0.508 e. The number of carbonyl (C=O) groups excluding carboxylic acids is 1. The summed E-state index contributed by atoms with van der Waals surface area (Å²) < 4.78 is 10.2. The highest BCUT2D eigenvalue weighted by atomic mass is 16.5. The van der Waals surface area contributed by atoms with Gasteiger partial charge in [-0.05, 0) is 17.7 Å². The number of carbonyl (C=O) groups is 1. The minimum atomic E-state index is -0.666. The molecule has 0 saturated heterocycles. The average Bonchev–Trinajstić information content (AvgIpc) is 2.91. The smallest absolute Gasteiger partial charge is 0.235 e. The van der Waals surface area contributed by atoms with E-state index >= 15 is 0 Å². The van der Waals surface area contributed by atoms with E-state index in [1.807, 2.05) is 0 Å². The number of phenols is 1. The van der Waals surface area contributed by atoms with Crippen molar-refractivity contribution in [1.29, 1.82) is 0 Å². The minimum absolute atomic E-state index is 0.00211. The molecule has 3 rings (SSSR count). The molecule has 0 amide bonds. The molecule has 2 aliphatic rings. The predicted molar refractivity (Wildman–Crippen MR) is 72.3 cm³/mol. The fourth-order valence-corrected chi connectivity index (χ4v) is 2.37. The third-order valence-corrected chi connectivity index (χ3v) is 3.40. The number of aliphatic hydroxyl groups is 2. The van der Waals surface area contributed by atoms with Gasteiger partial charge in [-0.25, -0.2) is 0 Å². The zero-order valence-electron chi connectivity index (χ0n) is 11.1. The van der Waals surface area contributed by atoms with Crippen LogP contribution in [-0.4, -0.2) is 34.8 Å². The van der Waals surface area contributed by atoms with Crippen molar-refractivity contribution in [2.75, 3.05) is 13.7 Å². The quantitative estimate of drug-likeness (QED) is 0.769. The highest BCUT2D eigenvalue weighted by Crippen LogP contribution is 2.40. The Bertz CT molecular complexity index is 721. The van der Waals surface area contributed by atoms with Crippen molar-refractivity contribution in [3.8, 4) is 5.75 Å². The summed E-state index contributed by atoms with van der Waals surface area (Å²) in [6, 6.07) is 6.21. The summed E-state index contributed by atoms with van der Waals surface area (Å²) in [7, 11) is 1.24. The molecular formula is C15H12O6. The van der Waals surface area contributed by atoms with Gasteiger partial charge in [-0.15, -0.1) is 0 Å². The Balaban J connectivity index is 2.18. The molecule has 6 heteroatoms. The molecular weight excluding hydrogens is 276 g/mol. The Hall–Kier alpha value is -2.89. The van der Waals surface area contributed by atoms with Gasteiger partial charge in [0.25, 0.3) is 0 Å². The maximum Gasteiger partial charge on any atom is 0.235 e. The molecule has 0 radical (unpaired) electrons. The van der Waals surface area contributed by atoms with Gasteiger partial charge in [-0.1, -0.05) is 12.1 Å². The van der Waals surface area contributed by atoms with Gasteiger partial charge >= 0.3 is 0 Å². The number of hydrogen-bond donors (Lipinski definition) is 3.